The van der Waals surface area contributed by atoms with E-state index in [4.69, 9.17) is 28.9 Å². The molecule has 0 aliphatic carbocycles. The highest BCUT2D eigenvalue weighted by Gasteiger charge is 2.41. The van der Waals surface area contributed by atoms with Gasteiger partial charge >= 0.3 is 0 Å². The predicted octanol–water partition coefficient (Wildman–Crippen LogP) is 3.62. The minimum absolute atomic E-state index is 0.0741. The minimum Gasteiger partial charge on any atom is -0.377 e. The van der Waals surface area contributed by atoms with E-state index in [1.165, 1.54) is 36.5 Å². The zero-order chi connectivity index (χ0) is 21.8. The molecule has 1 fully saturated rings. The van der Waals surface area contributed by atoms with Crippen LogP contribution in [0.4, 0.5) is 11.4 Å². The van der Waals surface area contributed by atoms with Gasteiger partial charge in [0, 0.05) is 17.5 Å². The first-order chi connectivity index (χ1) is 14.3. The van der Waals surface area contributed by atoms with Gasteiger partial charge in [-0.25, -0.2) is 4.90 Å². The maximum Gasteiger partial charge on any atom is 0.278 e. The summed E-state index contributed by atoms with van der Waals surface area (Å²) in [6.45, 7) is 0. The first-order valence-electron chi connectivity index (χ1n) is 8.36. The van der Waals surface area contributed by atoms with Crippen LogP contribution in [0.25, 0.3) is 0 Å². The van der Waals surface area contributed by atoms with Crippen molar-refractivity contribution in [3.05, 3.63) is 68.2 Å². The SMILES string of the molecule is N/C(=N\N=C/c1ccccc1[N+](=O)[O-])S[C@H]1CC(=O)N(c2cc(Cl)ccc2Cl)C1=O. The summed E-state index contributed by atoms with van der Waals surface area (Å²) < 4.78 is 0. The predicted molar refractivity (Wildman–Crippen MR) is 117 cm³/mol. The number of thioether (sulfide) groups is 1. The largest absolute Gasteiger partial charge is 0.377 e. The standard InChI is InChI=1S/C18H13Cl2N5O4S/c19-11-5-6-12(20)14(7-11)24-16(26)8-15(17(24)27)30-18(21)23-22-9-10-3-1-2-4-13(10)25(28)29/h1-7,9,15H,8H2,(H2,21,23)/b22-9-/t15-/m0/s1. The van der Waals surface area contributed by atoms with Gasteiger partial charge in [-0.15, -0.1) is 5.10 Å². The molecule has 1 heterocycles. The minimum atomic E-state index is -0.808. The Morgan fingerprint density at radius 3 is 2.73 bits per heavy atom. The first kappa shape index (κ1) is 21.8. The van der Waals surface area contributed by atoms with Crippen LogP contribution in [0.15, 0.2) is 52.7 Å². The number of nitro benzene ring substituents is 1. The maximum atomic E-state index is 12.7. The van der Waals surface area contributed by atoms with Crippen molar-refractivity contribution in [2.75, 3.05) is 4.90 Å². The highest BCUT2D eigenvalue weighted by Crippen LogP contribution is 2.35. The van der Waals surface area contributed by atoms with E-state index < -0.39 is 22.0 Å². The van der Waals surface area contributed by atoms with E-state index in [1.807, 2.05) is 0 Å². The Hall–Kier alpha value is -2.95. The summed E-state index contributed by atoms with van der Waals surface area (Å²) in [4.78, 5) is 36.5. The number of hydrogen-bond donors (Lipinski definition) is 1. The lowest BCUT2D eigenvalue weighted by atomic mass is 10.2. The molecule has 0 radical (unpaired) electrons. The van der Waals surface area contributed by atoms with Crippen LogP contribution in [-0.4, -0.2) is 33.4 Å². The van der Waals surface area contributed by atoms with Gasteiger partial charge in [-0.05, 0) is 24.3 Å². The van der Waals surface area contributed by atoms with Gasteiger partial charge < -0.3 is 5.73 Å². The summed E-state index contributed by atoms with van der Waals surface area (Å²) in [5.74, 6) is -0.951. The average molecular weight is 466 g/mol. The molecular weight excluding hydrogens is 453 g/mol. The van der Waals surface area contributed by atoms with Gasteiger partial charge in [0.05, 0.1) is 27.4 Å². The van der Waals surface area contributed by atoms with Gasteiger partial charge in [0.2, 0.25) is 11.8 Å². The van der Waals surface area contributed by atoms with E-state index in [2.05, 4.69) is 10.2 Å². The molecule has 2 amide bonds. The third-order valence-electron chi connectivity index (χ3n) is 4.00. The molecule has 154 valence electrons. The molecule has 2 N–H and O–H groups in total. The highest BCUT2D eigenvalue weighted by atomic mass is 35.5. The van der Waals surface area contributed by atoms with Crippen molar-refractivity contribution in [2.45, 2.75) is 11.7 Å². The first-order valence-corrected chi connectivity index (χ1v) is 10.00. The summed E-state index contributed by atoms with van der Waals surface area (Å²) in [5.41, 5.74) is 6.12. The number of amides is 2. The van der Waals surface area contributed by atoms with E-state index in [-0.39, 0.29) is 33.5 Å². The quantitative estimate of drug-likeness (QED) is 0.235. The van der Waals surface area contributed by atoms with Crippen molar-refractivity contribution in [1.29, 1.82) is 0 Å². The van der Waals surface area contributed by atoms with Crippen molar-refractivity contribution in [1.82, 2.24) is 0 Å². The third-order valence-corrected chi connectivity index (χ3v) is 5.53. The van der Waals surface area contributed by atoms with Gasteiger partial charge in [-0.3, -0.25) is 19.7 Å². The molecule has 0 spiro atoms. The van der Waals surface area contributed by atoms with Crippen molar-refractivity contribution in [3.8, 4) is 0 Å². The van der Waals surface area contributed by atoms with Crippen molar-refractivity contribution in [3.63, 3.8) is 0 Å². The van der Waals surface area contributed by atoms with Crippen LogP contribution in [-0.2, 0) is 9.59 Å². The Balaban J connectivity index is 1.72. The number of anilines is 1. The normalized spacial score (nSPS) is 17.2. The summed E-state index contributed by atoms with van der Waals surface area (Å²) in [6, 6.07) is 10.5. The number of carbonyl (C=O) groups is 2. The van der Waals surface area contributed by atoms with E-state index >= 15 is 0 Å². The van der Waals surface area contributed by atoms with Crippen molar-refractivity contribution < 1.29 is 14.5 Å². The third kappa shape index (κ3) is 4.78. The average Bonchev–Trinajstić information content (AvgIpc) is 2.97. The van der Waals surface area contributed by atoms with Crippen LogP contribution < -0.4 is 10.6 Å². The molecule has 0 unspecified atom stereocenters. The number of para-hydroxylation sites is 1. The lowest BCUT2D eigenvalue weighted by Crippen LogP contribution is -2.32. The molecule has 1 aliphatic rings. The van der Waals surface area contributed by atoms with Crippen LogP contribution in [0, 0.1) is 10.1 Å². The monoisotopic (exact) mass is 465 g/mol. The number of carbonyl (C=O) groups excluding carboxylic acids is 2. The smallest absolute Gasteiger partial charge is 0.278 e. The van der Waals surface area contributed by atoms with Crippen molar-refractivity contribution >= 4 is 69.5 Å². The van der Waals surface area contributed by atoms with Gasteiger partial charge in [-0.1, -0.05) is 47.1 Å². The zero-order valence-electron chi connectivity index (χ0n) is 15.1. The van der Waals surface area contributed by atoms with E-state index in [0.717, 1.165) is 16.7 Å². The number of hydrogen-bond acceptors (Lipinski definition) is 7. The lowest BCUT2D eigenvalue weighted by molar-refractivity contribution is -0.385. The maximum absolute atomic E-state index is 12.7. The number of amidine groups is 1. The summed E-state index contributed by atoms with van der Waals surface area (Å²) in [5, 5.41) is 18.1. The molecule has 30 heavy (non-hydrogen) atoms. The lowest BCUT2D eigenvalue weighted by Gasteiger charge is -2.16. The van der Waals surface area contributed by atoms with Crippen LogP contribution in [0.2, 0.25) is 10.0 Å². The Morgan fingerprint density at radius 2 is 2.00 bits per heavy atom. The van der Waals surface area contributed by atoms with E-state index in [9.17, 15) is 19.7 Å². The topological polar surface area (TPSA) is 131 Å². The van der Waals surface area contributed by atoms with Crippen LogP contribution in [0.3, 0.4) is 0 Å². The Labute approximate surface area is 184 Å². The number of nitro groups is 1. The van der Waals surface area contributed by atoms with Crippen LogP contribution in [0.1, 0.15) is 12.0 Å². The molecule has 3 rings (SSSR count). The zero-order valence-corrected chi connectivity index (χ0v) is 17.4. The summed E-state index contributed by atoms with van der Waals surface area (Å²) in [6.07, 6.45) is 1.08. The molecule has 2 aromatic rings. The molecule has 1 saturated heterocycles. The molecule has 0 saturated carbocycles. The molecule has 1 atom stereocenters. The Bertz CT molecular complexity index is 1090. The van der Waals surface area contributed by atoms with Gasteiger partial charge in [0.25, 0.3) is 5.69 Å². The van der Waals surface area contributed by atoms with Crippen LogP contribution >= 0.6 is 35.0 Å². The summed E-state index contributed by atoms with van der Waals surface area (Å²) >= 11 is 12.9. The second-order valence-corrected chi connectivity index (χ2v) is 8.04. The molecule has 2 aromatic carbocycles. The molecule has 0 bridgehead atoms. The number of imide groups is 1. The van der Waals surface area contributed by atoms with Gasteiger partial charge in [-0.2, -0.15) is 5.10 Å². The fraction of sp³-hybridized carbons (Fsp3) is 0.111. The second kappa shape index (κ2) is 9.24. The van der Waals surface area contributed by atoms with Crippen LogP contribution in [0.5, 0.6) is 0 Å². The Morgan fingerprint density at radius 1 is 1.27 bits per heavy atom. The second-order valence-electron chi connectivity index (χ2n) is 5.97. The number of nitrogens with zero attached hydrogens (tertiary/aromatic N) is 4. The van der Waals surface area contributed by atoms with E-state index in [1.54, 1.807) is 12.1 Å². The molecule has 0 aromatic heterocycles. The number of nitrogens with two attached hydrogens (primary N) is 1. The fourth-order valence-corrected chi connectivity index (χ4v) is 3.87. The number of halogens is 2. The molecule has 9 nitrogen and oxygen atoms in total. The molecule has 12 heteroatoms. The van der Waals surface area contributed by atoms with Gasteiger partial charge in [0.15, 0.2) is 5.17 Å². The van der Waals surface area contributed by atoms with Gasteiger partial charge in [0.1, 0.15) is 5.25 Å². The van der Waals surface area contributed by atoms with E-state index in [0.29, 0.717) is 5.02 Å². The Kier molecular flexibility index (Phi) is 6.70. The number of benzene rings is 2. The molecule has 1 aliphatic heterocycles. The fourth-order valence-electron chi connectivity index (χ4n) is 2.69. The van der Waals surface area contributed by atoms with Crippen molar-refractivity contribution in [2.24, 2.45) is 15.9 Å². The number of rotatable bonds is 5. The highest BCUT2D eigenvalue weighted by molar-refractivity contribution is 8.14. The summed E-state index contributed by atoms with van der Waals surface area (Å²) in [7, 11) is 0. The molecular formula is C18H13Cl2N5O4S.